The third-order valence-corrected chi connectivity index (χ3v) is 2.56. The average Bonchev–Trinajstić information content (AvgIpc) is 2.34. The highest BCUT2D eigenvalue weighted by atomic mass is 16.5. The van der Waals surface area contributed by atoms with Crippen LogP contribution in [0, 0.1) is 6.92 Å². The topological polar surface area (TPSA) is 76.7 Å². The van der Waals surface area contributed by atoms with Crippen molar-refractivity contribution in [3.05, 3.63) is 45.8 Å². The van der Waals surface area contributed by atoms with E-state index in [1.165, 1.54) is 25.3 Å². The van der Waals surface area contributed by atoms with Crippen LogP contribution in [0.3, 0.4) is 0 Å². The van der Waals surface area contributed by atoms with Gasteiger partial charge in [0.1, 0.15) is 22.5 Å². The monoisotopic (exact) mass is 260 g/mol. The van der Waals surface area contributed by atoms with Crippen molar-refractivity contribution in [1.29, 1.82) is 0 Å². The van der Waals surface area contributed by atoms with E-state index in [1.807, 2.05) is 0 Å². The minimum atomic E-state index is -0.546. The van der Waals surface area contributed by atoms with Gasteiger partial charge in [-0.1, -0.05) is 0 Å². The highest BCUT2D eigenvalue weighted by Gasteiger charge is 2.09. The molecule has 2 aromatic rings. The van der Waals surface area contributed by atoms with E-state index in [1.54, 1.807) is 13.0 Å². The number of phenolic OH excluding ortho intramolecular Hbond substituents is 1. The number of methoxy groups -OCH3 is 1. The Kier molecular flexibility index (Phi) is 3.37. The molecule has 1 N–H and O–H groups in total. The van der Waals surface area contributed by atoms with Crippen LogP contribution < -0.4 is 5.43 Å². The van der Waals surface area contributed by atoms with E-state index in [0.717, 1.165) is 11.6 Å². The summed E-state index contributed by atoms with van der Waals surface area (Å²) in [5, 5.41) is 9.85. The van der Waals surface area contributed by atoms with Crippen LogP contribution in [-0.4, -0.2) is 18.2 Å². The molecule has 0 aliphatic heterocycles. The molecular weight excluding hydrogens is 248 g/mol. The third kappa shape index (κ3) is 2.65. The van der Waals surface area contributed by atoms with Crippen LogP contribution in [0.15, 0.2) is 33.5 Å². The zero-order valence-electron chi connectivity index (χ0n) is 10.5. The van der Waals surface area contributed by atoms with Gasteiger partial charge in [0, 0.05) is 12.1 Å². The van der Waals surface area contributed by atoms with Crippen LogP contribution in [0.2, 0.25) is 0 Å². The molecule has 0 saturated heterocycles. The first-order valence-corrected chi connectivity index (χ1v) is 5.55. The summed E-state index contributed by atoms with van der Waals surface area (Å²) in [7, 11) is 1.25. The molecule has 1 heterocycles. The maximum atomic E-state index is 11.9. The molecule has 0 aliphatic rings. The van der Waals surface area contributed by atoms with Crippen LogP contribution in [0.5, 0.6) is 5.75 Å². The molecule has 98 valence electrons. The van der Waals surface area contributed by atoms with E-state index < -0.39 is 5.97 Å². The van der Waals surface area contributed by atoms with Crippen molar-refractivity contribution in [2.24, 2.45) is 0 Å². The van der Waals surface area contributed by atoms with Crippen molar-refractivity contribution in [1.82, 2.24) is 0 Å². The van der Waals surface area contributed by atoms with Gasteiger partial charge in [-0.3, -0.25) is 4.79 Å². The summed E-state index contributed by atoms with van der Waals surface area (Å²) >= 11 is 0. The maximum Gasteiger partial charge on any atom is 0.330 e. The van der Waals surface area contributed by atoms with Gasteiger partial charge in [0.15, 0.2) is 5.43 Å². The van der Waals surface area contributed by atoms with Crippen molar-refractivity contribution in [2.75, 3.05) is 7.11 Å². The number of carbonyl (C=O) groups excluding carboxylic acids is 1. The van der Waals surface area contributed by atoms with Gasteiger partial charge in [-0.05, 0) is 30.7 Å². The first kappa shape index (κ1) is 12.9. The van der Waals surface area contributed by atoms with Gasteiger partial charge in [-0.25, -0.2) is 4.79 Å². The predicted octanol–water partition coefficient (Wildman–Crippen LogP) is 1.99. The van der Waals surface area contributed by atoms with E-state index in [9.17, 15) is 14.7 Å². The van der Waals surface area contributed by atoms with Crippen molar-refractivity contribution in [3.63, 3.8) is 0 Å². The fraction of sp³-hybridized carbons (Fsp3) is 0.143. The number of aryl methyl sites for hydroxylation is 1. The number of aromatic hydroxyl groups is 1. The largest absolute Gasteiger partial charge is 0.507 e. The Bertz CT molecular complexity index is 724. The van der Waals surface area contributed by atoms with Gasteiger partial charge >= 0.3 is 5.97 Å². The van der Waals surface area contributed by atoms with E-state index >= 15 is 0 Å². The number of fused-ring (bicyclic) bond motifs is 1. The van der Waals surface area contributed by atoms with Crippen LogP contribution in [0.4, 0.5) is 0 Å². The van der Waals surface area contributed by atoms with Gasteiger partial charge < -0.3 is 14.3 Å². The molecule has 5 heteroatoms. The molecule has 0 bridgehead atoms. The number of benzene rings is 1. The molecule has 5 nitrogen and oxygen atoms in total. The van der Waals surface area contributed by atoms with Gasteiger partial charge in [0.2, 0.25) is 0 Å². The Hall–Kier alpha value is -2.56. The fourth-order valence-corrected chi connectivity index (χ4v) is 1.72. The second-order valence-electron chi connectivity index (χ2n) is 4.03. The molecule has 0 fully saturated rings. The van der Waals surface area contributed by atoms with Crippen molar-refractivity contribution in [2.45, 2.75) is 6.92 Å². The van der Waals surface area contributed by atoms with Crippen molar-refractivity contribution >= 4 is 23.0 Å². The molecule has 1 aromatic carbocycles. The zero-order chi connectivity index (χ0) is 14.0. The summed E-state index contributed by atoms with van der Waals surface area (Å²) in [6.45, 7) is 1.77. The van der Waals surface area contributed by atoms with Crippen LogP contribution in [-0.2, 0) is 9.53 Å². The maximum absolute atomic E-state index is 11.9. The minimum absolute atomic E-state index is 0.118. The van der Waals surface area contributed by atoms with Gasteiger partial charge in [-0.15, -0.1) is 0 Å². The first-order valence-electron chi connectivity index (χ1n) is 5.55. The van der Waals surface area contributed by atoms with Crippen LogP contribution in [0.25, 0.3) is 17.0 Å². The minimum Gasteiger partial charge on any atom is -0.507 e. The van der Waals surface area contributed by atoms with Gasteiger partial charge in [0.05, 0.1) is 7.11 Å². The van der Waals surface area contributed by atoms with Gasteiger partial charge in [-0.2, -0.15) is 0 Å². The summed E-state index contributed by atoms with van der Waals surface area (Å²) in [6.07, 6.45) is 2.49. The van der Waals surface area contributed by atoms with E-state index in [0.29, 0.717) is 0 Å². The second kappa shape index (κ2) is 4.97. The van der Waals surface area contributed by atoms with Crippen molar-refractivity contribution in [3.8, 4) is 5.75 Å². The van der Waals surface area contributed by atoms with Crippen molar-refractivity contribution < 1.29 is 19.1 Å². The lowest BCUT2D eigenvalue weighted by atomic mass is 10.1. The summed E-state index contributed by atoms with van der Waals surface area (Å²) in [5.74, 6) is -0.449. The number of ether oxygens (including phenoxy) is 1. The number of hydrogen-bond donors (Lipinski definition) is 1. The molecule has 0 unspecified atom stereocenters. The molecule has 2 rings (SSSR count). The number of carbonyl (C=O) groups is 1. The van der Waals surface area contributed by atoms with E-state index in [4.69, 9.17) is 4.42 Å². The summed E-state index contributed by atoms with van der Waals surface area (Å²) in [6, 6.07) is 4.34. The Morgan fingerprint density at radius 3 is 2.79 bits per heavy atom. The quantitative estimate of drug-likeness (QED) is 0.660. The molecule has 1 aromatic heterocycles. The Balaban J connectivity index is 2.59. The number of esters is 1. The standard InChI is InChI=1S/C14H12O5/c1-8-5-10(15)14-11(16)7-9(19-12(14)6-8)3-4-13(17)18-2/h3-7,15H,1-2H3/b4-3+. The molecule has 0 amide bonds. The summed E-state index contributed by atoms with van der Waals surface area (Å²) in [5.41, 5.74) is 0.667. The second-order valence-corrected chi connectivity index (χ2v) is 4.03. The third-order valence-electron chi connectivity index (χ3n) is 2.56. The summed E-state index contributed by atoms with van der Waals surface area (Å²) < 4.78 is 9.89. The molecule has 0 saturated carbocycles. The summed E-state index contributed by atoms with van der Waals surface area (Å²) in [4.78, 5) is 22.8. The highest BCUT2D eigenvalue weighted by molar-refractivity contribution is 5.88. The number of hydrogen-bond acceptors (Lipinski definition) is 5. The molecule has 0 spiro atoms. The lowest BCUT2D eigenvalue weighted by molar-refractivity contribution is -0.134. The number of rotatable bonds is 2. The highest BCUT2D eigenvalue weighted by Crippen LogP contribution is 2.24. The molecular formula is C14H12O5. The zero-order valence-corrected chi connectivity index (χ0v) is 10.5. The Labute approximate surface area is 108 Å². The van der Waals surface area contributed by atoms with Crippen LogP contribution >= 0.6 is 0 Å². The molecule has 0 aliphatic carbocycles. The normalized spacial score (nSPS) is 11.1. The fourth-order valence-electron chi connectivity index (χ4n) is 1.72. The smallest absolute Gasteiger partial charge is 0.330 e. The molecule has 0 atom stereocenters. The van der Waals surface area contributed by atoms with Gasteiger partial charge in [0.25, 0.3) is 0 Å². The predicted molar refractivity (Wildman–Crippen MR) is 69.9 cm³/mol. The molecule has 19 heavy (non-hydrogen) atoms. The lowest BCUT2D eigenvalue weighted by Crippen LogP contribution is -2.01. The van der Waals surface area contributed by atoms with E-state index in [-0.39, 0.29) is 27.9 Å². The first-order chi connectivity index (χ1) is 9.01. The SMILES string of the molecule is COC(=O)/C=C/c1cc(=O)c2c(O)cc(C)cc2o1. The Morgan fingerprint density at radius 1 is 1.37 bits per heavy atom. The Morgan fingerprint density at radius 2 is 2.11 bits per heavy atom. The molecule has 0 radical (unpaired) electrons. The number of phenols is 1. The van der Waals surface area contributed by atoms with E-state index in [2.05, 4.69) is 4.74 Å². The lowest BCUT2D eigenvalue weighted by Gasteiger charge is -2.02. The average molecular weight is 260 g/mol. The van der Waals surface area contributed by atoms with Crippen LogP contribution in [0.1, 0.15) is 11.3 Å².